The van der Waals surface area contributed by atoms with Crippen LogP contribution in [0.4, 0.5) is 0 Å². The number of nitrogens with zero attached hydrogens (tertiary/aromatic N) is 2. The highest BCUT2D eigenvalue weighted by Gasteiger charge is 2.15. The molecule has 2 heterocycles. The van der Waals surface area contributed by atoms with Crippen LogP contribution < -0.4 is 5.69 Å². The van der Waals surface area contributed by atoms with E-state index in [1.54, 1.807) is 17.5 Å². The standard InChI is InChI=1S/C14H12N2O3/c1-15-12(13(17)19-2)8-10-7-9-5-3-4-6-11(9)16(10)14(15)18/h3-8H,1-2H3. The van der Waals surface area contributed by atoms with Gasteiger partial charge < -0.3 is 4.74 Å². The molecule has 0 N–H and O–H groups in total. The first-order valence-electron chi connectivity index (χ1n) is 5.82. The molecule has 0 atom stereocenters. The van der Waals surface area contributed by atoms with E-state index < -0.39 is 5.97 Å². The summed E-state index contributed by atoms with van der Waals surface area (Å²) in [6.45, 7) is 0. The van der Waals surface area contributed by atoms with Crippen LogP contribution in [0, 0.1) is 0 Å². The summed E-state index contributed by atoms with van der Waals surface area (Å²) in [6.07, 6.45) is 0. The minimum absolute atomic E-state index is 0.239. The maximum atomic E-state index is 12.4. The fourth-order valence-corrected chi connectivity index (χ4v) is 2.29. The van der Waals surface area contributed by atoms with Crippen molar-refractivity contribution in [3.8, 4) is 0 Å². The van der Waals surface area contributed by atoms with Gasteiger partial charge in [0.2, 0.25) is 0 Å². The average Bonchev–Trinajstić information content (AvgIpc) is 2.80. The third-order valence-corrected chi connectivity index (χ3v) is 3.26. The van der Waals surface area contributed by atoms with Crippen LogP contribution >= 0.6 is 0 Å². The van der Waals surface area contributed by atoms with E-state index in [2.05, 4.69) is 4.74 Å². The molecule has 5 heteroatoms. The van der Waals surface area contributed by atoms with Gasteiger partial charge in [0.05, 0.1) is 18.1 Å². The Hall–Kier alpha value is -2.56. The highest BCUT2D eigenvalue weighted by molar-refractivity contribution is 5.92. The molecule has 0 amide bonds. The van der Waals surface area contributed by atoms with Crippen molar-refractivity contribution in [3.05, 3.63) is 52.6 Å². The zero-order chi connectivity index (χ0) is 13.6. The highest BCUT2D eigenvalue weighted by Crippen LogP contribution is 2.18. The van der Waals surface area contributed by atoms with Crippen LogP contribution in [0.2, 0.25) is 0 Å². The van der Waals surface area contributed by atoms with Crippen molar-refractivity contribution in [1.82, 2.24) is 8.97 Å². The van der Waals surface area contributed by atoms with Crippen molar-refractivity contribution in [3.63, 3.8) is 0 Å². The zero-order valence-corrected chi connectivity index (χ0v) is 10.6. The Bertz CT molecular complexity index is 858. The quantitative estimate of drug-likeness (QED) is 0.621. The van der Waals surface area contributed by atoms with Gasteiger partial charge in [-0.2, -0.15) is 0 Å². The van der Waals surface area contributed by atoms with Crippen molar-refractivity contribution >= 4 is 22.4 Å². The molecule has 3 rings (SSSR count). The number of rotatable bonds is 1. The number of aromatic nitrogens is 2. The van der Waals surface area contributed by atoms with Gasteiger partial charge in [-0.3, -0.25) is 8.97 Å². The second-order valence-electron chi connectivity index (χ2n) is 4.33. The number of carbonyl (C=O) groups is 1. The van der Waals surface area contributed by atoms with Crippen LogP contribution in [-0.2, 0) is 11.8 Å². The van der Waals surface area contributed by atoms with Crippen LogP contribution in [0.15, 0.2) is 41.2 Å². The van der Waals surface area contributed by atoms with Crippen LogP contribution in [-0.4, -0.2) is 22.0 Å². The number of hydrogen-bond donors (Lipinski definition) is 0. The Morgan fingerprint density at radius 3 is 2.68 bits per heavy atom. The Balaban J connectivity index is 2.49. The Kier molecular flexibility index (Phi) is 2.41. The second kappa shape index (κ2) is 3.98. The molecule has 0 unspecified atom stereocenters. The summed E-state index contributed by atoms with van der Waals surface area (Å²) in [6, 6.07) is 11.1. The lowest BCUT2D eigenvalue weighted by molar-refractivity contribution is 0.0588. The number of fused-ring (bicyclic) bond motifs is 3. The summed E-state index contributed by atoms with van der Waals surface area (Å²) in [5.41, 5.74) is 1.49. The molecule has 0 saturated heterocycles. The van der Waals surface area contributed by atoms with Crippen molar-refractivity contribution < 1.29 is 9.53 Å². The predicted octanol–water partition coefficient (Wildman–Crippen LogP) is 1.58. The van der Waals surface area contributed by atoms with Crippen molar-refractivity contribution in [2.75, 3.05) is 7.11 Å². The van der Waals surface area contributed by atoms with E-state index in [0.717, 1.165) is 10.9 Å². The van der Waals surface area contributed by atoms with Gasteiger partial charge in [0.25, 0.3) is 0 Å². The molecule has 1 aromatic carbocycles. The van der Waals surface area contributed by atoms with E-state index in [9.17, 15) is 9.59 Å². The molecule has 96 valence electrons. The lowest BCUT2D eigenvalue weighted by atomic mass is 10.2. The predicted molar refractivity (Wildman–Crippen MR) is 71.5 cm³/mol. The molecule has 0 spiro atoms. The van der Waals surface area contributed by atoms with E-state index in [1.807, 2.05) is 30.3 Å². The van der Waals surface area contributed by atoms with Gasteiger partial charge in [-0.1, -0.05) is 18.2 Å². The number of esters is 1. The molecule has 3 aromatic rings. The number of carbonyl (C=O) groups excluding carboxylic acids is 1. The fourth-order valence-electron chi connectivity index (χ4n) is 2.29. The molecular weight excluding hydrogens is 244 g/mol. The van der Waals surface area contributed by atoms with Gasteiger partial charge in [-0.15, -0.1) is 0 Å². The van der Waals surface area contributed by atoms with Crippen molar-refractivity contribution in [1.29, 1.82) is 0 Å². The Morgan fingerprint density at radius 2 is 1.95 bits per heavy atom. The monoisotopic (exact) mass is 256 g/mol. The van der Waals surface area contributed by atoms with Crippen LogP contribution in [0.3, 0.4) is 0 Å². The van der Waals surface area contributed by atoms with Crippen LogP contribution in [0.5, 0.6) is 0 Å². The Morgan fingerprint density at radius 1 is 1.21 bits per heavy atom. The highest BCUT2D eigenvalue weighted by atomic mass is 16.5. The lowest BCUT2D eigenvalue weighted by Gasteiger charge is -2.07. The number of methoxy groups -OCH3 is 1. The largest absolute Gasteiger partial charge is 0.464 e. The first-order valence-corrected chi connectivity index (χ1v) is 5.82. The number of para-hydroxylation sites is 1. The first kappa shape index (κ1) is 11.5. The molecule has 2 aromatic heterocycles. The van der Waals surface area contributed by atoms with Gasteiger partial charge in [0, 0.05) is 12.4 Å². The van der Waals surface area contributed by atoms with E-state index in [0.29, 0.717) is 5.52 Å². The molecule has 0 saturated carbocycles. The minimum Gasteiger partial charge on any atom is -0.464 e. The van der Waals surface area contributed by atoms with E-state index in [-0.39, 0.29) is 11.4 Å². The van der Waals surface area contributed by atoms with Gasteiger partial charge in [0.15, 0.2) is 0 Å². The van der Waals surface area contributed by atoms with Crippen LogP contribution in [0.25, 0.3) is 16.4 Å². The third-order valence-electron chi connectivity index (χ3n) is 3.26. The van der Waals surface area contributed by atoms with E-state index in [1.165, 1.54) is 11.7 Å². The number of ether oxygens (including phenoxy) is 1. The summed E-state index contributed by atoms with van der Waals surface area (Å²) >= 11 is 0. The lowest BCUT2D eigenvalue weighted by Crippen LogP contribution is -2.28. The average molecular weight is 256 g/mol. The summed E-state index contributed by atoms with van der Waals surface area (Å²) in [4.78, 5) is 24.0. The topological polar surface area (TPSA) is 52.7 Å². The molecule has 5 nitrogen and oxygen atoms in total. The van der Waals surface area contributed by atoms with Gasteiger partial charge in [0.1, 0.15) is 5.69 Å². The number of hydrogen-bond acceptors (Lipinski definition) is 3. The smallest absolute Gasteiger partial charge is 0.354 e. The molecular formula is C14H12N2O3. The normalized spacial score (nSPS) is 11.1. The minimum atomic E-state index is -0.521. The number of benzene rings is 1. The van der Waals surface area contributed by atoms with Crippen molar-refractivity contribution in [2.24, 2.45) is 7.05 Å². The fraction of sp³-hybridized carbons (Fsp3) is 0.143. The SMILES string of the molecule is COC(=O)c1cc2cc3ccccc3n2c(=O)n1C. The maximum Gasteiger partial charge on any atom is 0.354 e. The van der Waals surface area contributed by atoms with Crippen molar-refractivity contribution in [2.45, 2.75) is 0 Å². The van der Waals surface area contributed by atoms with Crippen LogP contribution in [0.1, 0.15) is 10.5 Å². The second-order valence-corrected chi connectivity index (χ2v) is 4.33. The molecule has 0 aliphatic rings. The van der Waals surface area contributed by atoms with Gasteiger partial charge >= 0.3 is 11.7 Å². The first-order chi connectivity index (χ1) is 9.13. The molecule has 0 aliphatic carbocycles. The summed E-state index contributed by atoms with van der Waals surface area (Å²) in [5, 5.41) is 0.960. The molecule has 0 bridgehead atoms. The van der Waals surface area contributed by atoms with Gasteiger partial charge in [-0.25, -0.2) is 9.59 Å². The van der Waals surface area contributed by atoms with E-state index >= 15 is 0 Å². The third kappa shape index (κ3) is 1.55. The molecule has 19 heavy (non-hydrogen) atoms. The molecule has 0 fully saturated rings. The zero-order valence-electron chi connectivity index (χ0n) is 10.6. The molecule has 0 radical (unpaired) electrons. The van der Waals surface area contributed by atoms with Gasteiger partial charge in [-0.05, 0) is 18.2 Å². The summed E-state index contributed by atoms with van der Waals surface area (Å²) < 4.78 is 7.57. The Labute approximate surface area is 108 Å². The molecule has 0 aliphatic heterocycles. The van der Waals surface area contributed by atoms with E-state index in [4.69, 9.17) is 0 Å². The summed E-state index contributed by atoms with van der Waals surface area (Å²) in [7, 11) is 2.86. The maximum absolute atomic E-state index is 12.4. The summed E-state index contributed by atoms with van der Waals surface area (Å²) in [5.74, 6) is -0.521.